The maximum absolute atomic E-state index is 12.3. The predicted octanol–water partition coefficient (Wildman–Crippen LogP) is 1.83. The average molecular weight is 246 g/mol. The number of allylic oxidation sites excluding steroid dienone is 2. The molecular weight excluding hydrogens is 232 g/mol. The first kappa shape index (κ1) is 11.2. The molecule has 3 rings (SSSR count). The Labute approximate surface area is 104 Å². The lowest BCUT2D eigenvalue weighted by atomic mass is 9.82. The van der Waals surface area contributed by atoms with Crippen LogP contribution in [0.2, 0.25) is 0 Å². The zero-order valence-corrected chi connectivity index (χ0v) is 10.3. The zero-order valence-electron chi connectivity index (χ0n) is 10.3. The first-order valence-electron chi connectivity index (χ1n) is 6.04. The van der Waals surface area contributed by atoms with E-state index in [0.29, 0.717) is 24.4 Å². The van der Waals surface area contributed by atoms with Gasteiger partial charge in [-0.3, -0.25) is 9.59 Å². The number of aromatic nitrogens is 1. The van der Waals surface area contributed by atoms with E-state index < -0.39 is 0 Å². The third-order valence-electron chi connectivity index (χ3n) is 3.67. The van der Waals surface area contributed by atoms with Crippen molar-refractivity contribution in [2.45, 2.75) is 26.7 Å². The molecule has 2 amide bonds. The number of fused-ring (bicyclic) bond motifs is 1. The molecule has 1 aliphatic carbocycles. The fourth-order valence-corrected chi connectivity index (χ4v) is 2.72. The van der Waals surface area contributed by atoms with Crippen molar-refractivity contribution in [3.8, 4) is 0 Å². The average Bonchev–Trinajstić information content (AvgIpc) is 2.84. The van der Waals surface area contributed by atoms with Gasteiger partial charge in [-0.25, -0.2) is 4.90 Å². The molecule has 0 bridgehead atoms. The summed E-state index contributed by atoms with van der Waals surface area (Å²) in [4.78, 5) is 25.7. The number of nitrogens with zero attached hydrogens (tertiary/aromatic N) is 2. The fraction of sp³-hybridized carbons (Fsp3) is 0.462. The van der Waals surface area contributed by atoms with Crippen LogP contribution in [0.25, 0.3) is 0 Å². The monoisotopic (exact) mass is 246 g/mol. The molecule has 5 heteroatoms. The lowest BCUT2D eigenvalue weighted by Crippen LogP contribution is -2.31. The topological polar surface area (TPSA) is 63.4 Å². The van der Waals surface area contributed by atoms with Gasteiger partial charge < -0.3 is 4.52 Å². The Balaban J connectivity index is 1.96. The van der Waals surface area contributed by atoms with Crippen LogP contribution in [0.3, 0.4) is 0 Å². The lowest BCUT2D eigenvalue weighted by Gasteiger charge is -2.18. The Morgan fingerprint density at radius 3 is 2.67 bits per heavy atom. The minimum Gasteiger partial charge on any atom is -0.360 e. The van der Waals surface area contributed by atoms with E-state index >= 15 is 0 Å². The zero-order chi connectivity index (χ0) is 12.9. The molecule has 2 heterocycles. The van der Waals surface area contributed by atoms with Gasteiger partial charge in [0.05, 0.1) is 11.8 Å². The van der Waals surface area contributed by atoms with Crippen LogP contribution in [0.4, 0.5) is 5.82 Å². The van der Waals surface area contributed by atoms with Gasteiger partial charge in [0.15, 0.2) is 5.82 Å². The SMILES string of the molecule is CC1=CC[C@@H]2C(=O)N(c3cc(C)on3)C(=O)[C@H]2C1. The summed E-state index contributed by atoms with van der Waals surface area (Å²) in [6, 6.07) is 1.62. The number of hydrogen-bond acceptors (Lipinski definition) is 4. The molecule has 0 spiro atoms. The largest absolute Gasteiger partial charge is 0.360 e. The molecule has 1 aromatic heterocycles. The van der Waals surface area contributed by atoms with Crippen LogP contribution in [0.15, 0.2) is 22.2 Å². The van der Waals surface area contributed by atoms with E-state index in [1.807, 2.05) is 13.0 Å². The van der Waals surface area contributed by atoms with Crippen molar-refractivity contribution in [1.29, 1.82) is 0 Å². The number of anilines is 1. The summed E-state index contributed by atoms with van der Waals surface area (Å²) in [5, 5.41) is 3.77. The van der Waals surface area contributed by atoms with Crippen molar-refractivity contribution in [2.75, 3.05) is 4.90 Å². The fourth-order valence-electron chi connectivity index (χ4n) is 2.72. The van der Waals surface area contributed by atoms with Crippen LogP contribution in [0, 0.1) is 18.8 Å². The summed E-state index contributed by atoms with van der Waals surface area (Å²) >= 11 is 0. The summed E-state index contributed by atoms with van der Waals surface area (Å²) < 4.78 is 4.94. The summed E-state index contributed by atoms with van der Waals surface area (Å²) in [7, 11) is 0. The molecule has 2 aliphatic rings. The van der Waals surface area contributed by atoms with Gasteiger partial charge in [0.25, 0.3) is 0 Å². The molecule has 0 saturated carbocycles. The Kier molecular flexibility index (Phi) is 2.36. The number of carbonyl (C=O) groups is 2. The lowest BCUT2D eigenvalue weighted by molar-refractivity contribution is -0.122. The molecule has 18 heavy (non-hydrogen) atoms. The van der Waals surface area contributed by atoms with E-state index in [4.69, 9.17) is 4.52 Å². The Morgan fingerprint density at radius 1 is 1.28 bits per heavy atom. The van der Waals surface area contributed by atoms with Crippen molar-refractivity contribution in [3.63, 3.8) is 0 Å². The first-order valence-corrected chi connectivity index (χ1v) is 6.04. The third-order valence-corrected chi connectivity index (χ3v) is 3.67. The second-order valence-electron chi connectivity index (χ2n) is 5.01. The van der Waals surface area contributed by atoms with Crippen LogP contribution in [0.1, 0.15) is 25.5 Å². The van der Waals surface area contributed by atoms with Gasteiger partial charge in [0.2, 0.25) is 11.8 Å². The molecule has 1 aromatic rings. The number of imide groups is 1. The van der Waals surface area contributed by atoms with Crippen LogP contribution in [-0.2, 0) is 9.59 Å². The van der Waals surface area contributed by atoms with Crippen molar-refractivity contribution < 1.29 is 14.1 Å². The number of rotatable bonds is 1. The quantitative estimate of drug-likeness (QED) is 0.560. The van der Waals surface area contributed by atoms with Gasteiger partial charge in [-0.05, 0) is 26.7 Å². The summed E-state index contributed by atoms with van der Waals surface area (Å²) in [5.74, 6) is 0.162. The van der Waals surface area contributed by atoms with E-state index in [9.17, 15) is 9.59 Å². The van der Waals surface area contributed by atoms with Gasteiger partial charge in [0, 0.05) is 6.07 Å². The standard InChI is InChI=1S/C13H14N2O3/c1-7-3-4-9-10(5-7)13(17)15(12(9)16)11-6-8(2)18-14-11/h3,6,9-10H,4-5H2,1-2H3/t9-,10-/m0/s1. The molecule has 0 radical (unpaired) electrons. The maximum atomic E-state index is 12.3. The Morgan fingerprint density at radius 2 is 2.00 bits per heavy atom. The van der Waals surface area contributed by atoms with Crippen LogP contribution in [0.5, 0.6) is 0 Å². The van der Waals surface area contributed by atoms with E-state index in [1.165, 1.54) is 10.5 Å². The number of aryl methyl sites for hydroxylation is 1. The van der Waals surface area contributed by atoms with Gasteiger partial charge in [-0.15, -0.1) is 0 Å². The third kappa shape index (κ3) is 1.50. The number of carbonyl (C=O) groups excluding carboxylic acids is 2. The van der Waals surface area contributed by atoms with Crippen LogP contribution < -0.4 is 4.90 Å². The van der Waals surface area contributed by atoms with Crippen LogP contribution in [-0.4, -0.2) is 17.0 Å². The van der Waals surface area contributed by atoms with Gasteiger partial charge in [0.1, 0.15) is 5.76 Å². The molecule has 94 valence electrons. The normalized spacial score (nSPS) is 27.4. The van der Waals surface area contributed by atoms with E-state index in [0.717, 1.165) is 0 Å². The van der Waals surface area contributed by atoms with E-state index in [-0.39, 0.29) is 23.7 Å². The summed E-state index contributed by atoms with van der Waals surface area (Å²) in [6.07, 6.45) is 3.36. The van der Waals surface area contributed by atoms with Gasteiger partial charge >= 0.3 is 0 Å². The van der Waals surface area contributed by atoms with Crippen molar-refractivity contribution in [2.24, 2.45) is 11.8 Å². The second-order valence-corrected chi connectivity index (χ2v) is 5.01. The Bertz CT molecular complexity index is 558. The highest BCUT2D eigenvalue weighted by atomic mass is 16.5. The van der Waals surface area contributed by atoms with Crippen LogP contribution >= 0.6 is 0 Å². The summed E-state index contributed by atoms with van der Waals surface area (Å²) in [6.45, 7) is 3.73. The highest BCUT2D eigenvalue weighted by molar-refractivity contribution is 6.21. The molecule has 1 fully saturated rings. The van der Waals surface area contributed by atoms with Gasteiger partial charge in [-0.1, -0.05) is 16.8 Å². The predicted molar refractivity (Wildman–Crippen MR) is 63.7 cm³/mol. The molecule has 1 saturated heterocycles. The number of hydrogen-bond donors (Lipinski definition) is 0. The molecule has 5 nitrogen and oxygen atoms in total. The highest BCUT2D eigenvalue weighted by Gasteiger charge is 2.49. The maximum Gasteiger partial charge on any atom is 0.239 e. The van der Waals surface area contributed by atoms with Gasteiger partial charge in [-0.2, -0.15) is 0 Å². The highest BCUT2D eigenvalue weighted by Crippen LogP contribution is 2.39. The molecule has 0 unspecified atom stereocenters. The molecule has 0 aromatic carbocycles. The Hall–Kier alpha value is -1.91. The number of amides is 2. The molecular formula is C13H14N2O3. The summed E-state index contributed by atoms with van der Waals surface area (Å²) in [5.41, 5.74) is 1.18. The minimum atomic E-state index is -0.224. The second kappa shape index (κ2) is 3.80. The van der Waals surface area contributed by atoms with Crippen molar-refractivity contribution in [3.05, 3.63) is 23.5 Å². The molecule has 2 atom stereocenters. The van der Waals surface area contributed by atoms with Crippen molar-refractivity contribution in [1.82, 2.24) is 5.16 Å². The minimum absolute atomic E-state index is 0.147. The molecule has 1 aliphatic heterocycles. The van der Waals surface area contributed by atoms with E-state index in [2.05, 4.69) is 5.16 Å². The van der Waals surface area contributed by atoms with E-state index in [1.54, 1.807) is 13.0 Å². The first-order chi connectivity index (χ1) is 8.58. The van der Waals surface area contributed by atoms with Crippen molar-refractivity contribution >= 4 is 17.6 Å². The molecule has 0 N–H and O–H groups in total. The smallest absolute Gasteiger partial charge is 0.239 e.